The zero-order valence-corrected chi connectivity index (χ0v) is 14.7. The third-order valence-corrected chi connectivity index (χ3v) is 4.18. The van der Waals surface area contributed by atoms with E-state index in [1.54, 1.807) is 36.4 Å². The van der Waals surface area contributed by atoms with E-state index < -0.39 is 0 Å². The lowest BCUT2D eigenvalue weighted by molar-refractivity contribution is 0.0954. The average molecular weight is 404 g/mol. The lowest BCUT2D eigenvalue weighted by Crippen LogP contribution is -2.17. The first-order valence-corrected chi connectivity index (χ1v) is 8.24. The molecule has 0 saturated carbocycles. The summed E-state index contributed by atoms with van der Waals surface area (Å²) in [6.45, 7) is 0. The number of nitrogens with zero attached hydrogens (tertiary/aromatic N) is 1. The van der Waals surface area contributed by atoms with Gasteiger partial charge in [0.2, 0.25) is 0 Å². The highest BCUT2D eigenvalue weighted by molar-refractivity contribution is 9.10. The van der Waals surface area contributed by atoms with E-state index in [0.717, 1.165) is 5.56 Å². The predicted octanol–water partition coefficient (Wildman–Crippen LogP) is 5.13. The Hall–Kier alpha value is -2.37. The molecule has 4 nitrogen and oxygen atoms in total. The van der Waals surface area contributed by atoms with Gasteiger partial charge in [0.05, 0.1) is 11.8 Å². The summed E-state index contributed by atoms with van der Waals surface area (Å²) in [4.78, 5) is 12.0. The van der Waals surface area contributed by atoms with Crippen LogP contribution in [0.2, 0.25) is 5.02 Å². The molecule has 6 heteroatoms. The van der Waals surface area contributed by atoms with Gasteiger partial charge in [0.25, 0.3) is 5.91 Å². The molecule has 1 heterocycles. The Balaban J connectivity index is 1.66. The predicted molar refractivity (Wildman–Crippen MR) is 98.4 cm³/mol. The molecule has 1 N–H and O–H groups in total. The van der Waals surface area contributed by atoms with Crippen molar-refractivity contribution in [3.05, 3.63) is 81.5 Å². The molecule has 0 saturated heterocycles. The summed E-state index contributed by atoms with van der Waals surface area (Å²) in [6, 6.07) is 18.1. The van der Waals surface area contributed by atoms with Gasteiger partial charge in [-0.1, -0.05) is 23.7 Å². The second-order valence-corrected chi connectivity index (χ2v) is 6.18. The standard InChI is InChI=1S/C18H12BrClN2O2/c19-16-4-2-1-3-15(16)18(23)22-21-11-14-9-10-17(24-14)12-5-7-13(20)8-6-12/h1-11H,(H,22,23)/b21-11+. The summed E-state index contributed by atoms with van der Waals surface area (Å²) >= 11 is 9.20. The van der Waals surface area contributed by atoms with Crippen LogP contribution in [0, 0.1) is 0 Å². The molecule has 0 aliphatic heterocycles. The number of carbonyl (C=O) groups excluding carboxylic acids is 1. The molecule has 0 atom stereocenters. The number of hydrogen-bond donors (Lipinski definition) is 1. The van der Waals surface area contributed by atoms with E-state index in [1.165, 1.54) is 6.21 Å². The highest BCUT2D eigenvalue weighted by Crippen LogP contribution is 2.23. The highest BCUT2D eigenvalue weighted by Gasteiger charge is 2.08. The summed E-state index contributed by atoms with van der Waals surface area (Å²) in [5.41, 5.74) is 3.89. The smallest absolute Gasteiger partial charge is 0.272 e. The maximum Gasteiger partial charge on any atom is 0.272 e. The number of nitrogens with one attached hydrogen (secondary N) is 1. The number of carbonyl (C=O) groups is 1. The number of halogens is 2. The average Bonchev–Trinajstić information content (AvgIpc) is 3.04. The summed E-state index contributed by atoms with van der Waals surface area (Å²) < 4.78 is 6.38. The monoisotopic (exact) mass is 402 g/mol. The summed E-state index contributed by atoms with van der Waals surface area (Å²) in [5, 5.41) is 4.59. The van der Waals surface area contributed by atoms with Crippen LogP contribution in [0.3, 0.4) is 0 Å². The first-order valence-electron chi connectivity index (χ1n) is 7.07. The van der Waals surface area contributed by atoms with Gasteiger partial charge in [-0.25, -0.2) is 5.43 Å². The Bertz CT molecular complexity index is 888. The van der Waals surface area contributed by atoms with Crippen molar-refractivity contribution in [2.75, 3.05) is 0 Å². The first kappa shape index (κ1) is 16.5. The second-order valence-electron chi connectivity index (χ2n) is 4.89. The van der Waals surface area contributed by atoms with Crippen LogP contribution < -0.4 is 5.43 Å². The van der Waals surface area contributed by atoms with Gasteiger partial charge < -0.3 is 4.42 Å². The van der Waals surface area contributed by atoms with E-state index in [4.69, 9.17) is 16.0 Å². The van der Waals surface area contributed by atoms with Crippen molar-refractivity contribution in [3.63, 3.8) is 0 Å². The molecule has 0 radical (unpaired) electrons. The Kier molecular flexibility index (Phi) is 5.13. The Labute approximate surface area is 152 Å². The van der Waals surface area contributed by atoms with Gasteiger partial charge in [0.1, 0.15) is 11.5 Å². The van der Waals surface area contributed by atoms with Gasteiger partial charge in [-0.05, 0) is 64.5 Å². The van der Waals surface area contributed by atoms with Crippen LogP contribution in [0.5, 0.6) is 0 Å². The summed E-state index contributed by atoms with van der Waals surface area (Å²) in [5.74, 6) is 0.931. The maximum atomic E-state index is 12.0. The second kappa shape index (κ2) is 7.47. The zero-order chi connectivity index (χ0) is 16.9. The van der Waals surface area contributed by atoms with Crippen LogP contribution in [0.4, 0.5) is 0 Å². The Morgan fingerprint density at radius 2 is 1.83 bits per heavy atom. The van der Waals surface area contributed by atoms with E-state index in [1.807, 2.05) is 24.3 Å². The number of benzene rings is 2. The fourth-order valence-corrected chi connectivity index (χ4v) is 2.64. The minimum atomic E-state index is -0.303. The van der Waals surface area contributed by atoms with Crippen LogP contribution in [0.25, 0.3) is 11.3 Å². The number of furan rings is 1. The normalized spacial score (nSPS) is 10.9. The highest BCUT2D eigenvalue weighted by atomic mass is 79.9. The van der Waals surface area contributed by atoms with Crippen molar-refractivity contribution in [1.29, 1.82) is 0 Å². The van der Waals surface area contributed by atoms with E-state index in [-0.39, 0.29) is 5.91 Å². The first-order chi connectivity index (χ1) is 11.6. The van der Waals surface area contributed by atoms with Crippen molar-refractivity contribution in [3.8, 4) is 11.3 Å². The van der Waals surface area contributed by atoms with Gasteiger partial charge in [-0.2, -0.15) is 5.10 Å². The molecule has 0 unspecified atom stereocenters. The molecular formula is C18H12BrClN2O2. The number of rotatable bonds is 4. The van der Waals surface area contributed by atoms with Gasteiger partial charge in [0, 0.05) is 15.1 Å². The topological polar surface area (TPSA) is 54.6 Å². The molecule has 0 aliphatic carbocycles. The van der Waals surface area contributed by atoms with E-state index in [2.05, 4.69) is 26.5 Å². The van der Waals surface area contributed by atoms with Crippen LogP contribution in [0.15, 0.2) is 74.7 Å². The number of hydrogen-bond acceptors (Lipinski definition) is 3. The SMILES string of the molecule is O=C(N/N=C/c1ccc(-c2ccc(Cl)cc2)o1)c1ccccc1Br. The van der Waals surface area contributed by atoms with Crippen LogP contribution >= 0.6 is 27.5 Å². The van der Waals surface area contributed by atoms with E-state index in [9.17, 15) is 4.79 Å². The lowest BCUT2D eigenvalue weighted by Gasteiger charge is -2.01. The van der Waals surface area contributed by atoms with Crippen molar-refractivity contribution in [2.24, 2.45) is 5.10 Å². The molecule has 0 bridgehead atoms. The third-order valence-electron chi connectivity index (χ3n) is 3.23. The molecule has 0 fully saturated rings. The largest absolute Gasteiger partial charge is 0.455 e. The zero-order valence-electron chi connectivity index (χ0n) is 12.4. The minimum absolute atomic E-state index is 0.303. The van der Waals surface area contributed by atoms with E-state index >= 15 is 0 Å². The molecular weight excluding hydrogens is 392 g/mol. The van der Waals surface area contributed by atoms with Crippen molar-refractivity contribution >= 4 is 39.7 Å². The van der Waals surface area contributed by atoms with E-state index in [0.29, 0.717) is 26.6 Å². The number of hydrazone groups is 1. The van der Waals surface area contributed by atoms with Gasteiger partial charge in [-0.15, -0.1) is 0 Å². The van der Waals surface area contributed by atoms with Crippen LogP contribution in [0.1, 0.15) is 16.1 Å². The van der Waals surface area contributed by atoms with Gasteiger partial charge >= 0.3 is 0 Å². The molecule has 120 valence electrons. The van der Waals surface area contributed by atoms with Crippen molar-refractivity contribution < 1.29 is 9.21 Å². The molecule has 2 aromatic carbocycles. The van der Waals surface area contributed by atoms with Crippen LogP contribution in [-0.4, -0.2) is 12.1 Å². The molecule has 3 aromatic rings. The maximum absolute atomic E-state index is 12.0. The van der Waals surface area contributed by atoms with Gasteiger partial charge in [-0.3, -0.25) is 4.79 Å². The minimum Gasteiger partial charge on any atom is -0.455 e. The van der Waals surface area contributed by atoms with Gasteiger partial charge in [0.15, 0.2) is 0 Å². The quantitative estimate of drug-likeness (QED) is 0.485. The molecule has 1 amide bonds. The third kappa shape index (κ3) is 3.93. The van der Waals surface area contributed by atoms with Crippen molar-refractivity contribution in [1.82, 2.24) is 5.43 Å². The fourth-order valence-electron chi connectivity index (χ4n) is 2.05. The fraction of sp³-hybridized carbons (Fsp3) is 0. The number of amides is 1. The lowest BCUT2D eigenvalue weighted by atomic mass is 10.2. The van der Waals surface area contributed by atoms with Crippen molar-refractivity contribution in [2.45, 2.75) is 0 Å². The Morgan fingerprint density at radius 3 is 2.58 bits per heavy atom. The molecule has 1 aromatic heterocycles. The summed E-state index contributed by atoms with van der Waals surface area (Å²) in [7, 11) is 0. The summed E-state index contributed by atoms with van der Waals surface area (Å²) in [6.07, 6.45) is 1.45. The molecule has 24 heavy (non-hydrogen) atoms. The van der Waals surface area contributed by atoms with Crippen LogP contribution in [-0.2, 0) is 0 Å². The molecule has 0 aliphatic rings. The molecule has 3 rings (SSSR count). The Morgan fingerprint density at radius 1 is 1.08 bits per heavy atom. The molecule has 0 spiro atoms.